The van der Waals surface area contributed by atoms with Crippen molar-refractivity contribution in [2.45, 2.75) is 45.1 Å². The Morgan fingerprint density at radius 1 is 1.47 bits per heavy atom. The van der Waals surface area contributed by atoms with Crippen LogP contribution in [-0.2, 0) is 4.79 Å². The monoisotopic (exact) mass is 214 g/mol. The van der Waals surface area contributed by atoms with Crippen LogP contribution in [0.4, 0.5) is 0 Å². The lowest BCUT2D eigenvalue weighted by atomic mass is 9.81. The highest BCUT2D eigenvalue weighted by atomic mass is 16.3. The zero-order valence-corrected chi connectivity index (χ0v) is 9.68. The molecule has 0 aliphatic heterocycles. The van der Waals surface area contributed by atoms with Gasteiger partial charge in [-0.15, -0.1) is 0 Å². The van der Waals surface area contributed by atoms with Crippen LogP contribution in [0.3, 0.4) is 0 Å². The zero-order chi connectivity index (χ0) is 11.5. The van der Waals surface area contributed by atoms with E-state index in [1.165, 1.54) is 0 Å². The van der Waals surface area contributed by atoms with Crippen LogP contribution in [0.1, 0.15) is 39.5 Å². The van der Waals surface area contributed by atoms with Crippen LogP contribution >= 0.6 is 0 Å². The van der Waals surface area contributed by atoms with Gasteiger partial charge in [0, 0.05) is 6.54 Å². The number of nitrogens with two attached hydrogens (primary N) is 1. The number of nitrogens with one attached hydrogen (secondary N) is 1. The van der Waals surface area contributed by atoms with E-state index >= 15 is 0 Å². The Morgan fingerprint density at radius 3 is 2.27 bits per heavy atom. The molecule has 0 spiro atoms. The van der Waals surface area contributed by atoms with Crippen LogP contribution in [0, 0.1) is 5.41 Å². The average molecular weight is 214 g/mol. The first-order valence-corrected chi connectivity index (χ1v) is 5.71. The topological polar surface area (TPSA) is 75.4 Å². The molecule has 1 aliphatic carbocycles. The number of carbonyl (C=O) groups excluding carboxylic acids is 1. The van der Waals surface area contributed by atoms with E-state index in [1.54, 1.807) is 0 Å². The van der Waals surface area contributed by atoms with Gasteiger partial charge in [-0.3, -0.25) is 4.79 Å². The summed E-state index contributed by atoms with van der Waals surface area (Å²) in [6, 6.07) is 0. The number of carbonyl (C=O) groups is 1. The van der Waals surface area contributed by atoms with Crippen molar-refractivity contribution < 1.29 is 9.90 Å². The smallest absolute Gasteiger partial charge is 0.227 e. The van der Waals surface area contributed by atoms with Crippen molar-refractivity contribution in [1.29, 1.82) is 0 Å². The van der Waals surface area contributed by atoms with Crippen molar-refractivity contribution in [3.05, 3.63) is 0 Å². The highest BCUT2D eigenvalue weighted by Gasteiger charge is 2.46. The molecule has 0 aromatic carbocycles. The molecule has 4 heteroatoms. The Balaban J connectivity index is 2.65. The van der Waals surface area contributed by atoms with Gasteiger partial charge in [-0.05, 0) is 25.7 Å². The molecule has 0 unspecified atom stereocenters. The molecule has 1 fully saturated rings. The number of aliphatic hydroxyl groups excluding tert-OH is 1. The highest BCUT2D eigenvalue weighted by Crippen LogP contribution is 2.36. The molecule has 4 nitrogen and oxygen atoms in total. The molecule has 15 heavy (non-hydrogen) atoms. The molecule has 0 aromatic heterocycles. The van der Waals surface area contributed by atoms with E-state index < -0.39 is 5.41 Å². The fourth-order valence-corrected chi connectivity index (χ4v) is 1.80. The van der Waals surface area contributed by atoms with Gasteiger partial charge in [-0.2, -0.15) is 0 Å². The number of aliphatic hydroxyl groups is 1. The molecule has 4 N–H and O–H groups in total. The second-order valence-electron chi connectivity index (χ2n) is 4.58. The molecule has 0 atom stereocenters. The molecule has 1 aliphatic rings. The molecule has 1 saturated carbocycles. The van der Waals surface area contributed by atoms with E-state index in [0.717, 1.165) is 25.7 Å². The third-order valence-corrected chi connectivity index (χ3v) is 3.76. The largest absolute Gasteiger partial charge is 0.394 e. The number of rotatable bonds is 6. The number of hydrogen-bond donors (Lipinski definition) is 3. The van der Waals surface area contributed by atoms with E-state index in [9.17, 15) is 4.79 Å². The standard InChI is InChI=1S/C11H22N2O2/c1-3-10(4-2,7-12)9(15)13-11(8-14)5-6-11/h14H,3-8,12H2,1-2H3,(H,13,15). The molecule has 0 saturated heterocycles. The SMILES string of the molecule is CCC(CC)(CN)C(=O)NC1(CO)CC1. The minimum atomic E-state index is -0.454. The third-order valence-electron chi connectivity index (χ3n) is 3.76. The van der Waals surface area contributed by atoms with Crippen LogP contribution in [-0.4, -0.2) is 29.7 Å². The van der Waals surface area contributed by atoms with Crippen molar-refractivity contribution in [1.82, 2.24) is 5.32 Å². The summed E-state index contributed by atoms with van der Waals surface area (Å²) in [5.41, 5.74) is 4.90. The van der Waals surface area contributed by atoms with Gasteiger partial charge in [-0.25, -0.2) is 0 Å². The third kappa shape index (κ3) is 2.32. The fourth-order valence-electron chi connectivity index (χ4n) is 1.80. The summed E-state index contributed by atoms with van der Waals surface area (Å²) in [4.78, 5) is 12.1. The quantitative estimate of drug-likeness (QED) is 0.599. The van der Waals surface area contributed by atoms with Gasteiger partial charge in [-0.1, -0.05) is 13.8 Å². The lowest BCUT2D eigenvalue weighted by molar-refractivity contribution is -0.132. The Hall–Kier alpha value is -0.610. The normalized spacial score (nSPS) is 18.7. The van der Waals surface area contributed by atoms with E-state index in [0.29, 0.717) is 6.54 Å². The Morgan fingerprint density at radius 2 is 2.00 bits per heavy atom. The summed E-state index contributed by atoms with van der Waals surface area (Å²) >= 11 is 0. The lowest BCUT2D eigenvalue weighted by Gasteiger charge is -2.30. The van der Waals surface area contributed by atoms with Gasteiger partial charge in [0.25, 0.3) is 0 Å². The Bertz CT molecular complexity index is 224. The molecular weight excluding hydrogens is 192 g/mol. The van der Waals surface area contributed by atoms with Gasteiger partial charge in [0.1, 0.15) is 0 Å². The van der Waals surface area contributed by atoms with E-state index in [4.69, 9.17) is 10.8 Å². The number of amides is 1. The lowest BCUT2D eigenvalue weighted by Crippen LogP contribution is -2.50. The van der Waals surface area contributed by atoms with E-state index in [1.807, 2.05) is 13.8 Å². The summed E-state index contributed by atoms with van der Waals surface area (Å²) in [5, 5.41) is 12.1. The zero-order valence-electron chi connectivity index (χ0n) is 9.68. The maximum atomic E-state index is 12.1. The first-order valence-electron chi connectivity index (χ1n) is 5.71. The van der Waals surface area contributed by atoms with Crippen LogP contribution < -0.4 is 11.1 Å². The van der Waals surface area contributed by atoms with Crippen LogP contribution in [0.15, 0.2) is 0 Å². The first kappa shape index (κ1) is 12.5. The minimum absolute atomic E-state index is 0.00144. The average Bonchev–Trinajstić information content (AvgIpc) is 3.02. The molecule has 0 heterocycles. The predicted octanol–water partition coefficient (Wildman–Crippen LogP) is 0.393. The predicted molar refractivity (Wildman–Crippen MR) is 59.3 cm³/mol. The second kappa shape index (κ2) is 4.49. The maximum absolute atomic E-state index is 12.1. The summed E-state index contributed by atoms with van der Waals surface area (Å²) in [6.45, 7) is 4.36. The van der Waals surface area contributed by atoms with E-state index in [2.05, 4.69) is 5.32 Å². The molecule has 1 rings (SSSR count). The van der Waals surface area contributed by atoms with Crippen molar-refractivity contribution in [3.63, 3.8) is 0 Å². The van der Waals surface area contributed by atoms with Crippen molar-refractivity contribution >= 4 is 5.91 Å². The second-order valence-corrected chi connectivity index (χ2v) is 4.58. The van der Waals surface area contributed by atoms with E-state index in [-0.39, 0.29) is 18.1 Å². The van der Waals surface area contributed by atoms with Gasteiger partial charge < -0.3 is 16.2 Å². The van der Waals surface area contributed by atoms with Crippen molar-refractivity contribution in [3.8, 4) is 0 Å². The molecule has 1 amide bonds. The number of hydrogen-bond acceptors (Lipinski definition) is 3. The molecule has 88 valence electrons. The van der Waals surface area contributed by atoms with Gasteiger partial charge in [0.2, 0.25) is 5.91 Å². The molecule has 0 aromatic rings. The van der Waals surface area contributed by atoms with Crippen molar-refractivity contribution in [2.24, 2.45) is 11.1 Å². The highest BCUT2D eigenvalue weighted by molar-refractivity contribution is 5.83. The summed E-state index contributed by atoms with van der Waals surface area (Å²) in [7, 11) is 0. The summed E-state index contributed by atoms with van der Waals surface area (Å²) < 4.78 is 0. The fraction of sp³-hybridized carbons (Fsp3) is 0.909. The molecule has 0 bridgehead atoms. The summed E-state index contributed by atoms with van der Waals surface area (Å²) in [6.07, 6.45) is 3.24. The maximum Gasteiger partial charge on any atom is 0.227 e. The first-order chi connectivity index (χ1) is 7.08. The Labute approximate surface area is 91.2 Å². The van der Waals surface area contributed by atoms with Gasteiger partial charge >= 0.3 is 0 Å². The van der Waals surface area contributed by atoms with Gasteiger partial charge in [0.05, 0.1) is 17.6 Å². The molecule has 0 radical (unpaired) electrons. The summed E-state index contributed by atoms with van der Waals surface area (Å²) in [5.74, 6) is 0.00144. The Kier molecular flexibility index (Phi) is 3.73. The minimum Gasteiger partial charge on any atom is -0.394 e. The van der Waals surface area contributed by atoms with Crippen molar-refractivity contribution in [2.75, 3.05) is 13.2 Å². The van der Waals surface area contributed by atoms with Gasteiger partial charge in [0.15, 0.2) is 0 Å². The van der Waals surface area contributed by atoms with Crippen LogP contribution in [0.25, 0.3) is 0 Å². The van der Waals surface area contributed by atoms with Crippen LogP contribution in [0.5, 0.6) is 0 Å². The molecular formula is C11H22N2O2. The van der Waals surface area contributed by atoms with Crippen LogP contribution in [0.2, 0.25) is 0 Å².